The Bertz CT molecular complexity index is 157. The molecule has 0 saturated heterocycles. The van der Waals surface area contributed by atoms with Crippen molar-refractivity contribution in [3.05, 3.63) is 30.3 Å². The molecule has 1 nitrogen and oxygen atoms in total. The standard InChI is InChI=1S/C6H8AsN.2ClH/c8-7-6-4-2-1-3-5-6;;/h1-5,7H,8H2;2*1H. The summed E-state index contributed by atoms with van der Waals surface area (Å²) in [6, 6.07) is 10.2. The van der Waals surface area contributed by atoms with Gasteiger partial charge in [-0.25, -0.2) is 0 Å². The molecule has 58 valence electrons. The molecule has 4 heteroatoms. The van der Waals surface area contributed by atoms with Crippen LogP contribution in [0.5, 0.6) is 0 Å². The van der Waals surface area contributed by atoms with Crippen LogP contribution >= 0.6 is 24.8 Å². The SMILES string of the molecule is Cl.Cl.N[AsH]c1ccccc1. The molecule has 1 unspecified atom stereocenters. The zero-order chi connectivity index (χ0) is 5.82. The van der Waals surface area contributed by atoms with Gasteiger partial charge in [0.05, 0.1) is 0 Å². The van der Waals surface area contributed by atoms with Crippen molar-refractivity contribution < 1.29 is 0 Å². The van der Waals surface area contributed by atoms with Crippen LogP contribution in [0.15, 0.2) is 30.3 Å². The molecule has 0 aliphatic rings. The Morgan fingerprint density at radius 3 is 1.80 bits per heavy atom. The van der Waals surface area contributed by atoms with E-state index < -0.39 is 0 Å². The van der Waals surface area contributed by atoms with E-state index in [0.29, 0.717) is 0 Å². The van der Waals surface area contributed by atoms with Gasteiger partial charge in [0.25, 0.3) is 0 Å². The van der Waals surface area contributed by atoms with Crippen LogP contribution in [0.25, 0.3) is 0 Å². The van der Waals surface area contributed by atoms with E-state index in [9.17, 15) is 0 Å². The van der Waals surface area contributed by atoms with Gasteiger partial charge in [-0.15, -0.1) is 24.8 Å². The number of hydrogen-bond acceptors (Lipinski definition) is 1. The molecule has 0 radical (unpaired) electrons. The Kier molecular flexibility index (Phi) is 9.62. The molecule has 10 heavy (non-hydrogen) atoms. The molecule has 0 amide bonds. The normalized spacial score (nSPS) is 8.50. The average molecular weight is 242 g/mol. The molecule has 0 saturated carbocycles. The summed E-state index contributed by atoms with van der Waals surface area (Å²) >= 11 is -0.304. The molecule has 0 aliphatic carbocycles. The first-order valence-corrected chi connectivity index (χ1v) is 4.71. The van der Waals surface area contributed by atoms with Crippen molar-refractivity contribution in [3.63, 3.8) is 0 Å². The van der Waals surface area contributed by atoms with Crippen molar-refractivity contribution in [1.82, 2.24) is 0 Å². The van der Waals surface area contributed by atoms with E-state index in [4.69, 9.17) is 4.65 Å². The third-order valence-corrected chi connectivity index (χ3v) is 2.34. The van der Waals surface area contributed by atoms with Crippen LogP contribution in [-0.2, 0) is 0 Å². The number of hydrogen-bond donors (Lipinski definition) is 1. The van der Waals surface area contributed by atoms with E-state index >= 15 is 0 Å². The first-order chi connectivity index (χ1) is 3.93. The van der Waals surface area contributed by atoms with E-state index in [0.717, 1.165) is 0 Å². The summed E-state index contributed by atoms with van der Waals surface area (Å²) < 4.78 is 6.79. The van der Waals surface area contributed by atoms with Crippen LogP contribution in [0, 0.1) is 0 Å². The third kappa shape index (κ3) is 4.18. The molecule has 0 fully saturated rings. The number of benzene rings is 1. The van der Waals surface area contributed by atoms with Crippen molar-refractivity contribution in [2.75, 3.05) is 0 Å². The first-order valence-electron chi connectivity index (χ1n) is 2.45. The summed E-state index contributed by atoms with van der Waals surface area (Å²) in [6.07, 6.45) is 0. The second kappa shape index (κ2) is 7.43. The van der Waals surface area contributed by atoms with Gasteiger partial charge in [0.15, 0.2) is 0 Å². The Balaban J connectivity index is 0. The summed E-state index contributed by atoms with van der Waals surface area (Å²) in [7, 11) is 0. The van der Waals surface area contributed by atoms with Gasteiger partial charge in [0.2, 0.25) is 0 Å². The fourth-order valence-electron chi connectivity index (χ4n) is 0.534. The average Bonchev–Trinajstić information content (AvgIpc) is 1.90. The summed E-state index contributed by atoms with van der Waals surface area (Å²) in [5, 5.41) is 0. The van der Waals surface area contributed by atoms with Crippen molar-refractivity contribution in [1.29, 1.82) is 0 Å². The van der Waals surface area contributed by atoms with Crippen LogP contribution in [0.3, 0.4) is 0 Å². The fraction of sp³-hybridized carbons (Fsp3) is 0. The monoisotopic (exact) mass is 241 g/mol. The zero-order valence-corrected chi connectivity index (χ0v) is 9.01. The van der Waals surface area contributed by atoms with Gasteiger partial charge in [-0.1, -0.05) is 0 Å². The van der Waals surface area contributed by atoms with Crippen LogP contribution in [0.2, 0.25) is 0 Å². The predicted octanol–water partition coefficient (Wildman–Crippen LogP) is 0.466. The summed E-state index contributed by atoms with van der Waals surface area (Å²) in [6.45, 7) is 0. The zero-order valence-electron chi connectivity index (χ0n) is 5.28. The Labute approximate surface area is 80.1 Å². The van der Waals surface area contributed by atoms with Crippen molar-refractivity contribution in [3.8, 4) is 0 Å². The molecule has 0 aliphatic heterocycles. The van der Waals surface area contributed by atoms with E-state index in [2.05, 4.69) is 12.1 Å². The number of rotatable bonds is 1. The molecule has 0 heterocycles. The van der Waals surface area contributed by atoms with Gasteiger partial charge in [-0.05, 0) is 0 Å². The molecule has 1 rings (SSSR count). The van der Waals surface area contributed by atoms with E-state index in [1.807, 2.05) is 18.2 Å². The molecular formula is C6H10AsCl2N. The maximum atomic E-state index is 5.47. The molecule has 0 bridgehead atoms. The van der Waals surface area contributed by atoms with Crippen LogP contribution in [0.4, 0.5) is 0 Å². The van der Waals surface area contributed by atoms with Gasteiger partial charge in [-0.3, -0.25) is 0 Å². The number of halogens is 2. The Hall–Kier alpha value is 0.318. The predicted molar refractivity (Wildman–Crippen MR) is 51.9 cm³/mol. The van der Waals surface area contributed by atoms with Crippen LogP contribution in [-0.4, -0.2) is 16.0 Å². The Morgan fingerprint density at radius 2 is 1.50 bits per heavy atom. The van der Waals surface area contributed by atoms with E-state index in [1.165, 1.54) is 4.35 Å². The number of nitrogens with two attached hydrogens (primary N) is 1. The summed E-state index contributed by atoms with van der Waals surface area (Å²) in [4.78, 5) is 0. The molecule has 0 aromatic heterocycles. The van der Waals surface area contributed by atoms with Crippen molar-refractivity contribution in [2.45, 2.75) is 0 Å². The third-order valence-electron chi connectivity index (χ3n) is 0.940. The summed E-state index contributed by atoms with van der Waals surface area (Å²) in [5.41, 5.74) is 0. The first kappa shape index (κ1) is 12.9. The van der Waals surface area contributed by atoms with Crippen LogP contribution < -0.4 is 9.00 Å². The second-order valence-corrected chi connectivity index (χ2v) is 3.33. The van der Waals surface area contributed by atoms with Crippen LogP contribution in [0.1, 0.15) is 0 Å². The molecular weight excluding hydrogens is 232 g/mol. The quantitative estimate of drug-likeness (QED) is 0.711. The molecule has 0 spiro atoms. The van der Waals surface area contributed by atoms with Crippen molar-refractivity contribution >= 4 is 45.1 Å². The minimum absolute atomic E-state index is 0. The molecule has 2 N–H and O–H groups in total. The molecule has 1 aromatic carbocycles. The Morgan fingerprint density at radius 1 is 1.00 bits per heavy atom. The van der Waals surface area contributed by atoms with Crippen molar-refractivity contribution in [2.24, 2.45) is 4.65 Å². The molecule has 1 aromatic rings. The topological polar surface area (TPSA) is 26.0 Å². The fourth-order valence-corrected chi connectivity index (χ4v) is 1.34. The van der Waals surface area contributed by atoms with Gasteiger partial charge >= 0.3 is 55.3 Å². The van der Waals surface area contributed by atoms with Gasteiger partial charge < -0.3 is 0 Å². The maximum absolute atomic E-state index is 5.47. The minimum atomic E-state index is -0.304. The van der Waals surface area contributed by atoms with E-state index in [-0.39, 0.29) is 40.8 Å². The van der Waals surface area contributed by atoms with Gasteiger partial charge in [0.1, 0.15) is 0 Å². The summed E-state index contributed by atoms with van der Waals surface area (Å²) in [5.74, 6) is 0. The van der Waals surface area contributed by atoms with Gasteiger partial charge in [0, 0.05) is 0 Å². The molecule has 1 atom stereocenters. The second-order valence-electron chi connectivity index (χ2n) is 1.51. The van der Waals surface area contributed by atoms with E-state index in [1.54, 1.807) is 0 Å². The van der Waals surface area contributed by atoms with Gasteiger partial charge in [-0.2, -0.15) is 0 Å².